The SMILES string of the molecule is CCCn1c(=O)[nH]c(=O)c2c(C(=O)N3CCNC[C@@H]3C)cc(C3CC3)nc21.Cl. The summed E-state index contributed by atoms with van der Waals surface area (Å²) < 4.78 is 1.49. The van der Waals surface area contributed by atoms with Gasteiger partial charge in [-0.25, -0.2) is 9.78 Å². The molecule has 1 saturated heterocycles. The summed E-state index contributed by atoms with van der Waals surface area (Å²) in [4.78, 5) is 47.2. The number of H-pyrrole nitrogens is 1. The maximum atomic E-state index is 13.4. The summed E-state index contributed by atoms with van der Waals surface area (Å²) in [5.74, 6) is 0.149. The van der Waals surface area contributed by atoms with Crippen molar-refractivity contribution in [1.82, 2.24) is 24.8 Å². The first-order valence-corrected chi connectivity index (χ1v) is 9.70. The van der Waals surface area contributed by atoms with E-state index in [1.54, 1.807) is 11.0 Å². The number of nitrogens with one attached hydrogen (secondary N) is 2. The molecule has 1 aliphatic heterocycles. The molecule has 0 aromatic carbocycles. The van der Waals surface area contributed by atoms with Crippen LogP contribution >= 0.6 is 12.4 Å². The summed E-state index contributed by atoms with van der Waals surface area (Å²) in [7, 11) is 0. The third kappa shape index (κ3) is 3.58. The number of carbonyl (C=O) groups excluding carboxylic acids is 1. The van der Waals surface area contributed by atoms with E-state index in [0.717, 1.165) is 38.0 Å². The van der Waals surface area contributed by atoms with Crippen LogP contribution in [0.3, 0.4) is 0 Å². The number of hydrogen-bond donors (Lipinski definition) is 2. The van der Waals surface area contributed by atoms with Crippen molar-refractivity contribution in [2.24, 2.45) is 0 Å². The van der Waals surface area contributed by atoms with Crippen LogP contribution in [-0.4, -0.2) is 51.0 Å². The second-order valence-electron chi connectivity index (χ2n) is 7.53. The van der Waals surface area contributed by atoms with Gasteiger partial charge in [0.15, 0.2) is 5.65 Å². The number of fused-ring (bicyclic) bond motifs is 1. The maximum Gasteiger partial charge on any atom is 0.329 e. The quantitative estimate of drug-likeness (QED) is 0.793. The van der Waals surface area contributed by atoms with Crippen LogP contribution in [0.2, 0.25) is 0 Å². The molecule has 4 rings (SSSR count). The fourth-order valence-electron chi connectivity index (χ4n) is 3.78. The molecule has 1 amide bonds. The van der Waals surface area contributed by atoms with Gasteiger partial charge in [0.05, 0.1) is 10.9 Å². The predicted molar refractivity (Wildman–Crippen MR) is 110 cm³/mol. The van der Waals surface area contributed by atoms with Gasteiger partial charge in [0.1, 0.15) is 0 Å². The lowest BCUT2D eigenvalue weighted by atomic mass is 10.1. The minimum Gasteiger partial charge on any atom is -0.333 e. The number of hydrogen-bond acceptors (Lipinski definition) is 5. The molecule has 3 heterocycles. The number of aromatic nitrogens is 3. The molecular formula is C19H26ClN5O3. The van der Waals surface area contributed by atoms with Crippen molar-refractivity contribution in [3.05, 3.63) is 38.2 Å². The summed E-state index contributed by atoms with van der Waals surface area (Å²) in [5, 5.41) is 3.50. The highest BCUT2D eigenvalue weighted by Gasteiger charge is 2.31. The second-order valence-corrected chi connectivity index (χ2v) is 7.53. The third-order valence-electron chi connectivity index (χ3n) is 5.40. The zero-order valence-electron chi connectivity index (χ0n) is 16.2. The van der Waals surface area contributed by atoms with Gasteiger partial charge < -0.3 is 10.2 Å². The van der Waals surface area contributed by atoms with Crippen molar-refractivity contribution in [2.45, 2.75) is 51.6 Å². The Bertz CT molecular complexity index is 1010. The minimum absolute atomic E-state index is 0. The molecule has 152 valence electrons. The summed E-state index contributed by atoms with van der Waals surface area (Å²) in [6.45, 7) is 6.45. The molecule has 2 fully saturated rings. The summed E-state index contributed by atoms with van der Waals surface area (Å²) in [6.07, 6.45) is 2.78. The smallest absolute Gasteiger partial charge is 0.329 e. The number of aromatic amines is 1. The highest BCUT2D eigenvalue weighted by Crippen LogP contribution is 2.40. The van der Waals surface area contributed by atoms with Gasteiger partial charge in [0, 0.05) is 43.8 Å². The van der Waals surface area contributed by atoms with Crippen LogP contribution in [0.5, 0.6) is 0 Å². The topological polar surface area (TPSA) is 100 Å². The number of rotatable bonds is 4. The van der Waals surface area contributed by atoms with Crippen LogP contribution in [0.4, 0.5) is 0 Å². The van der Waals surface area contributed by atoms with Gasteiger partial charge in [0.2, 0.25) is 0 Å². The van der Waals surface area contributed by atoms with E-state index in [2.05, 4.69) is 15.3 Å². The molecule has 2 aliphatic rings. The lowest BCUT2D eigenvalue weighted by molar-refractivity contribution is 0.0657. The molecule has 0 bridgehead atoms. The highest BCUT2D eigenvalue weighted by atomic mass is 35.5. The molecule has 1 saturated carbocycles. The number of amides is 1. The highest BCUT2D eigenvalue weighted by molar-refractivity contribution is 6.05. The van der Waals surface area contributed by atoms with Crippen molar-refractivity contribution < 1.29 is 4.79 Å². The molecule has 8 nitrogen and oxygen atoms in total. The predicted octanol–water partition coefficient (Wildman–Crippen LogP) is 1.23. The Labute approximate surface area is 168 Å². The standard InChI is InChI=1S/C19H25N5O3.ClH/c1-3-7-24-16-15(17(25)22-19(24)27)13(9-14(21-16)12-4-5-12)18(26)23-8-6-20-10-11(23)2;/h9,11-12,20H,3-8,10H2,1-2H3,(H,22,25,27);1H/t11-;/m0./s1. The van der Waals surface area contributed by atoms with Crippen LogP contribution in [0.15, 0.2) is 15.7 Å². The number of pyridine rings is 1. The number of carbonyl (C=O) groups is 1. The molecule has 2 N–H and O–H groups in total. The molecule has 1 atom stereocenters. The van der Waals surface area contributed by atoms with Gasteiger partial charge in [0.25, 0.3) is 11.5 Å². The van der Waals surface area contributed by atoms with E-state index >= 15 is 0 Å². The van der Waals surface area contributed by atoms with Crippen LogP contribution in [0, 0.1) is 0 Å². The monoisotopic (exact) mass is 407 g/mol. The molecule has 2 aromatic heterocycles. The van der Waals surface area contributed by atoms with E-state index in [4.69, 9.17) is 0 Å². The Morgan fingerprint density at radius 3 is 2.71 bits per heavy atom. The van der Waals surface area contributed by atoms with Gasteiger partial charge in [-0.2, -0.15) is 0 Å². The number of nitrogens with zero attached hydrogens (tertiary/aromatic N) is 3. The van der Waals surface area contributed by atoms with Gasteiger partial charge >= 0.3 is 5.69 Å². The number of aryl methyl sites for hydroxylation is 1. The first-order chi connectivity index (χ1) is 13.0. The Balaban J connectivity index is 0.00000225. The van der Waals surface area contributed by atoms with E-state index in [1.807, 2.05) is 13.8 Å². The van der Waals surface area contributed by atoms with Crippen LogP contribution < -0.4 is 16.6 Å². The Hall–Kier alpha value is -2.19. The molecular weight excluding hydrogens is 382 g/mol. The average Bonchev–Trinajstić information content (AvgIpc) is 3.49. The summed E-state index contributed by atoms with van der Waals surface area (Å²) in [5.41, 5.74) is 0.499. The number of halogens is 1. The van der Waals surface area contributed by atoms with E-state index < -0.39 is 11.2 Å². The van der Waals surface area contributed by atoms with E-state index in [1.165, 1.54) is 4.57 Å². The largest absolute Gasteiger partial charge is 0.333 e. The van der Waals surface area contributed by atoms with Crippen LogP contribution in [-0.2, 0) is 6.54 Å². The molecule has 0 spiro atoms. The van der Waals surface area contributed by atoms with Crippen molar-refractivity contribution >= 4 is 29.3 Å². The van der Waals surface area contributed by atoms with Crippen molar-refractivity contribution in [3.63, 3.8) is 0 Å². The zero-order valence-corrected chi connectivity index (χ0v) is 17.0. The first kappa shape index (κ1) is 20.5. The first-order valence-electron chi connectivity index (χ1n) is 9.70. The zero-order chi connectivity index (χ0) is 19.1. The van der Waals surface area contributed by atoms with Crippen LogP contribution in [0.1, 0.15) is 55.1 Å². The van der Waals surface area contributed by atoms with E-state index in [0.29, 0.717) is 30.2 Å². The molecule has 0 radical (unpaired) electrons. The fourth-order valence-corrected chi connectivity index (χ4v) is 3.78. The average molecular weight is 408 g/mol. The van der Waals surface area contributed by atoms with Gasteiger partial charge in [-0.15, -0.1) is 12.4 Å². The van der Waals surface area contributed by atoms with Gasteiger partial charge in [-0.1, -0.05) is 6.92 Å². The van der Waals surface area contributed by atoms with E-state index in [-0.39, 0.29) is 29.7 Å². The maximum absolute atomic E-state index is 13.4. The molecule has 9 heteroatoms. The lowest BCUT2D eigenvalue weighted by Crippen LogP contribution is -2.52. The Morgan fingerprint density at radius 2 is 2.07 bits per heavy atom. The lowest BCUT2D eigenvalue weighted by Gasteiger charge is -2.34. The van der Waals surface area contributed by atoms with E-state index in [9.17, 15) is 14.4 Å². The fraction of sp³-hybridized carbons (Fsp3) is 0.579. The van der Waals surface area contributed by atoms with Gasteiger partial charge in [-0.05, 0) is 32.3 Å². The van der Waals surface area contributed by atoms with Crippen LogP contribution in [0.25, 0.3) is 11.0 Å². The van der Waals surface area contributed by atoms with Gasteiger partial charge in [-0.3, -0.25) is 19.1 Å². The van der Waals surface area contributed by atoms with Crippen molar-refractivity contribution in [3.8, 4) is 0 Å². The van der Waals surface area contributed by atoms with Crippen molar-refractivity contribution in [2.75, 3.05) is 19.6 Å². The third-order valence-corrected chi connectivity index (χ3v) is 5.40. The summed E-state index contributed by atoms with van der Waals surface area (Å²) in [6, 6.07) is 1.81. The summed E-state index contributed by atoms with van der Waals surface area (Å²) >= 11 is 0. The number of piperazine rings is 1. The Morgan fingerprint density at radius 1 is 1.32 bits per heavy atom. The van der Waals surface area contributed by atoms with Crippen molar-refractivity contribution in [1.29, 1.82) is 0 Å². The minimum atomic E-state index is -0.539. The molecule has 1 aliphatic carbocycles. The second kappa shape index (κ2) is 8.05. The molecule has 28 heavy (non-hydrogen) atoms. The molecule has 0 unspecified atom stereocenters. The Kier molecular flexibility index (Phi) is 5.90. The molecule has 2 aromatic rings. The normalized spacial score (nSPS) is 19.5.